The Morgan fingerprint density at radius 3 is 1.73 bits per heavy atom. The first-order valence-corrected chi connectivity index (χ1v) is 7.79. The van der Waals surface area contributed by atoms with E-state index in [1.807, 2.05) is 27.7 Å². The van der Waals surface area contributed by atoms with Gasteiger partial charge in [-0.05, 0) is 24.0 Å². The highest BCUT2D eigenvalue weighted by atomic mass is 16.5. The van der Waals surface area contributed by atoms with Crippen molar-refractivity contribution in [1.82, 2.24) is 4.98 Å². The van der Waals surface area contributed by atoms with Crippen LogP contribution in [0.5, 0.6) is 0 Å². The van der Waals surface area contributed by atoms with Crippen molar-refractivity contribution in [3.63, 3.8) is 0 Å². The normalized spacial score (nSPS) is 13.3. The molecule has 0 spiro atoms. The van der Waals surface area contributed by atoms with Gasteiger partial charge in [0.15, 0.2) is 0 Å². The number of ether oxygens (including phenoxy) is 2. The molecule has 5 heteroatoms. The molecule has 1 aromatic heterocycles. The standard InChI is InChI=1S/C17H25NO4/c1-5-12(3)10-21-16(19)14-8-7-9-15(18-14)17(20)22-11-13(4)6-2/h7-9,12-13H,5-6,10-11H2,1-4H3. The molecular formula is C17H25NO4. The molecule has 122 valence electrons. The van der Waals surface area contributed by atoms with Crippen LogP contribution in [0.1, 0.15) is 61.5 Å². The third-order valence-corrected chi connectivity index (χ3v) is 3.56. The van der Waals surface area contributed by atoms with Gasteiger partial charge in [-0.1, -0.05) is 46.6 Å². The lowest BCUT2D eigenvalue weighted by Gasteiger charge is -2.11. The minimum Gasteiger partial charge on any atom is -0.461 e. The summed E-state index contributed by atoms with van der Waals surface area (Å²) in [5, 5.41) is 0. The molecule has 0 aliphatic carbocycles. The molecule has 22 heavy (non-hydrogen) atoms. The Kier molecular flexibility index (Phi) is 7.57. The molecule has 0 aromatic carbocycles. The van der Waals surface area contributed by atoms with E-state index in [1.165, 1.54) is 12.1 Å². The summed E-state index contributed by atoms with van der Waals surface area (Å²) < 4.78 is 10.4. The number of carbonyl (C=O) groups excluding carboxylic acids is 2. The minimum atomic E-state index is -0.517. The smallest absolute Gasteiger partial charge is 0.356 e. The molecule has 0 aliphatic heterocycles. The fraction of sp³-hybridized carbons (Fsp3) is 0.588. The quantitative estimate of drug-likeness (QED) is 0.688. The zero-order valence-corrected chi connectivity index (χ0v) is 13.8. The van der Waals surface area contributed by atoms with Gasteiger partial charge in [0.2, 0.25) is 0 Å². The van der Waals surface area contributed by atoms with Gasteiger partial charge in [-0.2, -0.15) is 0 Å². The van der Waals surface area contributed by atoms with Gasteiger partial charge in [0.25, 0.3) is 0 Å². The van der Waals surface area contributed by atoms with Crippen molar-refractivity contribution >= 4 is 11.9 Å². The van der Waals surface area contributed by atoms with Crippen LogP contribution < -0.4 is 0 Å². The predicted molar refractivity (Wildman–Crippen MR) is 83.7 cm³/mol. The van der Waals surface area contributed by atoms with Crippen LogP contribution >= 0.6 is 0 Å². The number of aromatic nitrogens is 1. The van der Waals surface area contributed by atoms with Crippen LogP contribution in [0.4, 0.5) is 0 Å². The summed E-state index contributed by atoms with van der Waals surface area (Å²) in [5.74, 6) is -0.436. The Labute approximate surface area is 132 Å². The first kappa shape index (κ1) is 18.1. The van der Waals surface area contributed by atoms with Crippen LogP contribution in [0.2, 0.25) is 0 Å². The molecule has 5 nitrogen and oxygen atoms in total. The predicted octanol–water partition coefficient (Wildman–Crippen LogP) is 3.49. The van der Waals surface area contributed by atoms with Crippen molar-refractivity contribution in [3.8, 4) is 0 Å². The molecule has 0 aliphatic rings. The van der Waals surface area contributed by atoms with E-state index in [0.29, 0.717) is 25.0 Å². The Balaban J connectivity index is 2.64. The summed E-state index contributed by atoms with van der Waals surface area (Å²) in [6.07, 6.45) is 1.87. The summed E-state index contributed by atoms with van der Waals surface area (Å²) in [7, 11) is 0. The maximum atomic E-state index is 11.9. The molecule has 0 fully saturated rings. The van der Waals surface area contributed by atoms with Crippen LogP contribution in [0.3, 0.4) is 0 Å². The zero-order chi connectivity index (χ0) is 16.5. The molecule has 2 unspecified atom stereocenters. The number of hydrogen-bond donors (Lipinski definition) is 0. The Hall–Kier alpha value is -1.91. The second-order valence-corrected chi connectivity index (χ2v) is 5.63. The Bertz CT molecular complexity index is 460. The maximum Gasteiger partial charge on any atom is 0.356 e. The molecule has 0 saturated heterocycles. The van der Waals surface area contributed by atoms with E-state index in [-0.39, 0.29) is 11.4 Å². The van der Waals surface area contributed by atoms with E-state index in [0.717, 1.165) is 12.8 Å². The molecule has 0 bridgehead atoms. The van der Waals surface area contributed by atoms with Crippen LogP contribution in [-0.4, -0.2) is 30.1 Å². The molecule has 0 N–H and O–H groups in total. The number of rotatable bonds is 8. The van der Waals surface area contributed by atoms with E-state index in [1.54, 1.807) is 6.07 Å². The SMILES string of the molecule is CCC(C)COC(=O)c1cccc(C(=O)OCC(C)CC)n1. The number of pyridine rings is 1. The molecule has 2 atom stereocenters. The van der Waals surface area contributed by atoms with Gasteiger partial charge in [0, 0.05) is 0 Å². The summed E-state index contributed by atoms with van der Waals surface area (Å²) in [6.45, 7) is 8.77. The van der Waals surface area contributed by atoms with Crippen LogP contribution in [-0.2, 0) is 9.47 Å². The van der Waals surface area contributed by atoms with Crippen molar-refractivity contribution in [3.05, 3.63) is 29.6 Å². The third kappa shape index (κ3) is 5.84. The molecule has 1 rings (SSSR count). The van der Waals surface area contributed by atoms with E-state index < -0.39 is 11.9 Å². The zero-order valence-electron chi connectivity index (χ0n) is 13.8. The summed E-state index contributed by atoms with van der Waals surface area (Å²) >= 11 is 0. The highest BCUT2D eigenvalue weighted by Crippen LogP contribution is 2.08. The Morgan fingerprint density at radius 2 is 1.36 bits per heavy atom. The van der Waals surface area contributed by atoms with Crippen LogP contribution in [0.25, 0.3) is 0 Å². The van der Waals surface area contributed by atoms with Crippen molar-refractivity contribution in [1.29, 1.82) is 0 Å². The fourth-order valence-electron chi connectivity index (χ4n) is 1.48. The van der Waals surface area contributed by atoms with E-state index in [4.69, 9.17) is 9.47 Å². The maximum absolute atomic E-state index is 11.9. The Morgan fingerprint density at radius 1 is 0.955 bits per heavy atom. The van der Waals surface area contributed by atoms with Crippen molar-refractivity contribution < 1.29 is 19.1 Å². The molecule has 0 amide bonds. The lowest BCUT2D eigenvalue weighted by Crippen LogP contribution is -2.16. The monoisotopic (exact) mass is 307 g/mol. The summed E-state index contributed by atoms with van der Waals surface area (Å²) in [4.78, 5) is 27.9. The van der Waals surface area contributed by atoms with E-state index >= 15 is 0 Å². The van der Waals surface area contributed by atoms with E-state index in [9.17, 15) is 9.59 Å². The van der Waals surface area contributed by atoms with Crippen molar-refractivity contribution in [2.24, 2.45) is 11.8 Å². The van der Waals surface area contributed by atoms with Crippen molar-refractivity contribution in [2.45, 2.75) is 40.5 Å². The van der Waals surface area contributed by atoms with Gasteiger partial charge in [-0.3, -0.25) is 0 Å². The lowest BCUT2D eigenvalue weighted by molar-refractivity contribution is 0.0431. The first-order chi connectivity index (χ1) is 10.5. The first-order valence-electron chi connectivity index (χ1n) is 7.79. The molecule has 1 aromatic rings. The highest BCUT2D eigenvalue weighted by molar-refractivity contribution is 5.91. The largest absolute Gasteiger partial charge is 0.461 e. The summed E-state index contributed by atoms with van der Waals surface area (Å²) in [5.41, 5.74) is 0.252. The van der Waals surface area contributed by atoms with Gasteiger partial charge in [0.1, 0.15) is 11.4 Å². The minimum absolute atomic E-state index is 0.126. The van der Waals surface area contributed by atoms with E-state index in [2.05, 4.69) is 4.98 Å². The number of nitrogens with zero attached hydrogens (tertiary/aromatic N) is 1. The van der Waals surface area contributed by atoms with Gasteiger partial charge in [0.05, 0.1) is 13.2 Å². The second-order valence-electron chi connectivity index (χ2n) is 5.63. The summed E-state index contributed by atoms with van der Waals surface area (Å²) in [6, 6.07) is 4.67. The van der Waals surface area contributed by atoms with Gasteiger partial charge < -0.3 is 9.47 Å². The average Bonchev–Trinajstić information content (AvgIpc) is 2.56. The van der Waals surface area contributed by atoms with Gasteiger partial charge in [-0.25, -0.2) is 14.6 Å². The topological polar surface area (TPSA) is 65.5 Å². The lowest BCUT2D eigenvalue weighted by atomic mass is 10.1. The molecule has 1 heterocycles. The van der Waals surface area contributed by atoms with Crippen LogP contribution in [0.15, 0.2) is 18.2 Å². The third-order valence-electron chi connectivity index (χ3n) is 3.56. The second kappa shape index (κ2) is 9.18. The fourth-order valence-corrected chi connectivity index (χ4v) is 1.48. The molecule has 0 radical (unpaired) electrons. The highest BCUT2D eigenvalue weighted by Gasteiger charge is 2.15. The number of esters is 2. The molecule has 0 saturated carbocycles. The van der Waals surface area contributed by atoms with Crippen LogP contribution in [0, 0.1) is 11.8 Å². The average molecular weight is 307 g/mol. The van der Waals surface area contributed by atoms with Gasteiger partial charge >= 0.3 is 11.9 Å². The molecular weight excluding hydrogens is 282 g/mol. The number of hydrogen-bond acceptors (Lipinski definition) is 5. The van der Waals surface area contributed by atoms with Gasteiger partial charge in [-0.15, -0.1) is 0 Å². The van der Waals surface area contributed by atoms with Crippen molar-refractivity contribution in [2.75, 3.05) is 13.2 Å². The number of carbonyl (C=O) groups is 2.